The Kier molecular flexibility index (Phi) is 4.91. The molecule has 0 N–H and O–H groups in total. The second-order valence-corrected chi connectivity index (χ2v) is 7.74. The molecule has 0 unspecified atom stereocenters. The highest BCUT2D eigenvalue weighted by Gasteiger charge is 2.27. The summed E-state index contributed by atoms with van der Waals surface area (Å²) < 4.78 is 6.66. The molecule has 0 fully saturated rings. The van der Waals surface area contributed by atoms with Crippen LogP contribution in [0.5, 0.6) is 0 Å². The van der Waals surface area contributed by atoms with Crippen LogP contribution in [-0.2, 0) is 10.1 Å². The maximum atomic E-state index is 6.66. The average Bonchev–Trinajstić information content (AvgIpc) is 2.62. The Morgan fingerprint density at radius 3 is 1.43 bits per heavy atom. The van der Waals surface area contributed by atoms with Crippen molar-refractivity contribution >= 4 is 18.8 Å². The van der Waals surface area contributed by atoms with Gasteiger partial charge in [0, 0.05) is 10.6 Å². The van der Waals surface area contributed by atoms with Crippen LogP contribution in [0.15, 0.2) is 91.0 Å². The second-order valence-electron chi connectivity index (χ2n) is 5.93. The lowest BCUT2D eigenvalue weighted by Crippen LogP contribution is -2.25. The zero-order valence-electron chi connectivity index (χ0n) is 13.5. The summed E-state index contributed by atoms with van der Waals surface area (Å²) >= 11 is 0. The Balaban J connectivity index is 1.97. The van der Waals surface area contributed by atoms with Gasteiger partial charge in [0.15, 0.2) is 0 Å². The van der Waals surface area contributed by atoms with E-state index < -0.39 is 8.15 Å². The van der Waals surface area contributed by atoms with Crippen molar-refractivity contribution < 1.29 is 4.52 Å². The standard InChI is InChI=1S/C21H21OP/c1-21(2,18-12-6-3-7-13-18)22-23(19-14-8-4-9-15-19)20-16-10-5-11-17-20/h3-17H,1-2H3. The third-order valence-corrected chi connectivity index (χ3v) is 5.94. The Morgan fingerprint density at radius 2 is 1.00 bits per heavy atom. The largest absolute Gasteiger partial charge is 0.339 e. The van der Waals surface area contributed by atoms with Gasteiger partial charge in [-0.2, -0.15) is 0 Å². The molecule has 3 aromatic carbocycles. The predicted octanol–water partition coefficient (Wildman–Crippen LogP) is 4.99. The molecule has 0 aliphatic carbocycles. The molecular weight excluding hydrogens is 299 g/mol. The molecule has 2 heteroatoms. The maximum absolute atomic E-state index is 6.66. The molecule has 3 aromatic rings. The minimum absolute atomic E-state index is 0.349. The van der Waals surface area contributed by atoms with Crippen LogP contribution in [0.25, 0.3) is 0 Å². The molecule has 0 aromatic heterocycles. The fraction of sp³-hybridized carbons (Fsp3) is 0.143. The first-order chi connectivity index (χ1) is 11.2. The quantitative estimate of drug-likeness (QED) is 0.602. The van der Waals surface area contributed by atoms with Crippen molar-refractivity contribution in [1.82, 2.24) is 0 Å². The summed E-state index contributed by atoms with van der Waals surface area (Å²) in [5.74, 6) is 0. The molecule has 0 aliphatic rings. The fourth-order valence-corrected chi connectivity index (χ4v) is 4.46. The molecule has 0 bridgehead atoms. The topological polar surface area (TPSA) is 9.23 Å². The first-order valence-electron chi connectivity index (χ1n) is 7.82. The van der Waals surface area contributed by atoms with E-state index in [1.165, 1.54) is 16.2 Å². The van der Waals surface area contributed by atoms with Gasteiger partial charge < -0.3 is 4.52 Å². The summed E-state index contributed by atoms with van der Waals surface area (Å²) in [6.45, 7) is 4.28. The Bertz CT molecular complexity index is 684. The van der Waals surface area contributed by atoms with Gasteiger partial charge in [-0.3, -0.25) is 0 Å². The predicted molar refractivity (Wildman–Crippen MR) is 99.6 cm³/mol. The summed E-state index contributed by atoms with van der Waals surface area (Å²) in [6.07, 6.45) is 0. The Hall–Kier alpha value is -1.95. The monoisotopic (exact) mass is 320 g/mol. The first-order valence-corrected chi connectivity index (χ1v) is 9.08. The zero-order valence-corrected chi connectivity index (χ0v) is 14.4. The van der Waals surface area contributed by atoms with Gasteiger partial charge in [-0.25, -0.2) is 0 Å². The summed E-state index contributed by atoms with van der Waals surface area (Å²) in [6, 6.07) is 31.4. The van der Waals surface area contributed by atoms with Crippen LogP contribution < -0.4 is 10.6 Å². The zero-order chi connectivity index (χ0) is 16.1. The van der Waals surface area contributed by atoms with E-state index in [9.17, 15) is 0 Å². The smallest absolute Gasteiger partial charge is 0.0930 e. The fourth-order valence-electron chi connectivity index (χ4n) is 2.50. The molecule has 116 valence electrons. The molecule has 0 heterocycles. The van der Waals surface area contributed by atoms with Crippen LogP contribution in [0.1, 0.15) is 19.4 Å². The SMILES string of the molecule is CC(C)(OP(c1ccccc1)c1ccccc1)c1ccccc1. The van der Waals surface area contributed by atoms with Gasteiger partial charge in [0.1, 0.15) is 0 Å². The number of hydrogen-bond acceptors (Lipinski definition) is 1. The highest BCUT2D eigenvalue weighted by molar-refractivity contribution is 7.68. The van der Waals surface area contributed by atoms with Crippen LogP contribution >= 0.6 is 8.15 Å². The van der Waals surface area contributed by atoms with E-state index in [0.29, 0.717) is 0 Å². The van der Waals surface area contributed by atoms with Gasteiger partial charge in [0.25, 0.3) is 0 Å². The van der Waals surface area contributed by atoms with Crippen molar-refractivity contribution in [2.24, 2.45) is 0 Å². The van der Waals surface area contributed by atoms with Crippen molar-refractivity contribution in [3.8, 4) is 0 Å². The summed E-state index contributed by atoms with van der Waals surface area (Å²) in [7, 11) is -0.863. The van der Waals surface area contributed by atoms with E-state index in [0.717, 1.165) is 0 Å². The van der Waals surface area contributed by atoms with Crippen molar-refractivity contribution in [3.05, 3.63) is 96.6 Å². The molecule has 23 heavy (non-hydrogen) atoms. The lowest BCUT2D eigenvalue weighted by Gasteiger charge is -2.31. The highest BCUT2D eigenvalue weighted by Crippen LogP contribution is 2.43. The lowest BCUT2D eigenvalue weighted by atomic mass is 9.99. The number of benzene rings is 3. The number of hydrogen-bond donors (Lipinski definition) is 0. The Morgan fingerprint density at radius 1 is 0.609 bits per heavy atom. The van der Waals surface area contributed by atoms with Crippen LogP contribution in [0, 0.1) is 0 Å². The van der Waals surface area contributed by atoms with Crippen LogP contribution in [0.2, 0.25) is 0 Å². The summed E-state index contributed by atoms with van der Waals surface area (Å²) in [5, 5.41) is 2.47. The first kappa shape index (κ1) is 15.9. The van der Waals surface area contributed by atoms with Gasteiger partial charge in [-0.15, -0.1) is 0 Å². The second kappa shape index (κ2) is 7.08. The highest BCUT2D eigenvalue weighted by atomic mass is 31.1. The molecule has 0 aliphatic heterocycles. The van der Waals surface area contributed by atoms with Gasteiger partial charge in [-0.05, 0) is 19.4 Å². The molecule has 0 saturated carbocycles. The van der Waals surface area contributed by atoms with E-state index >= 15 is 0 Å². The molecule has 0 amide bonds. The van der Waals surface area contributed by atoms with Crippen molar-refractivity contribution in [3.63, 3.8) is 0 Å². The van der Waals surface area contributed by atoms with E-state index in [-0.39, 0.29) is 5.60 Å². The number of rotatable bonds is 5. The van der Waals surface area contributed by atoms with Crippen molar-refractivity contribution in [2.75, 3.05) is 0 Å². The molecule has 1 nitrogen and oxygen atoms in total. The molecule has 0 atom stereocenters. The van der Waals surface area contributed by atoms with Crippen LogP contribution in [0.4, 0.5) is 0 Å². The van der Waals surface area contributed by atoms with E-state index in [2.05, 4.69) is 86.6 Å². The molecule has 0 radical (unpaired) electrons. The summed E-state index contributed by atoms with van der Waals surface area (Å²) in [4.78, 5) is 0. The van der Waals surface area contributed by atoms with Crippen molar-refractivity contribution in [2.45, 2.75) is 19.4 Å². The molecular formula is C21H21OP. The molecule has 3 rings (SSSR count). The third-order valence-electron chi connectivity index (χ3n) is 3.77. The molecule has 0 saturated heterocycles. The van der Waals surface area contributed by atoms with Crippen LogP contribution in [0.3, 0.4) is 0 Å². The van der Waals surface area contributed by atoms with E-state index in [4.69, 9.17) is 4.52 Å². The third kappa shape index (κ3) is 3.88. The van der Waals surface area contributed by atoms with Gasteiger partial charge in [0.05, 0.1) is 13.7 Å². The van der Waals surface area contributed by atoms with Gasteiger partial charge in [0.2, 0.25) is 0 Å². The lowest BCUT2D eigenvalue weighted by molar-refractivity contribution is 0.132. The molecule has 0 spiro atoms. The average molecular weight is 320 g/mol. The minimum atomic E-state index is -0.863. The minimum Gasteiger partial charge on any atom is -0.339 e. The van der Waals surface area contributed by atoms with E-state index in [1.54, 1.807) is 0 Å². The van der Waals surface area contributed by atoms with Gasteiger partial charge >= 0.3 is 0 Å². The van der Waals surface area contributed by atoms with Gasteiger partial charge in [-0.1, -0.05) is 91.0 Å². The Labute approximate surface area is 139 Å². The summed E-state index contributed by atoms with van der Waals surface area (Å²) in [5.41, 5.74) is 0.845. The van der Waals surface area contributed by atoms with E-state index in [1.807, 2.05) is 18.2 Å². The van der Waals surface area contributed by atoms with Crippen molar-refractivity contribution in [1.29, 1.82) is 0 Å². The maximum Gasteiger partial charge on any atom is 0.0930 e. The normalized spacial score (nSPS) is 11.6. The van der Waals surface area contributed by atoms with Crippen LogP contribution in [-0.4, -0.2) is 0 Å².